The zero-order valence-corrected chi connectivity index (χ0v) is 8.38. The normalized spacial score (nSPS) is 14.3. The van der Waals surface area contributed by atoms with E-state index in [2.05, 4.69) is 0 Å². The summed E-state index contributed by atoms with van der Waals surface area (Å²) in [6, 6.07) is 2.93. The van der Waals surface area contributed by atoms with E-state index in [1.807, 2.05) is 0 Å². The first-order valence-electron chi connectivity index (χ1n) is 4.68. The summed E-state index contributed by atoms with van der Waals surface area (Å²) in [4.78, 5) is 11.0. The maximum Gasteiger partial charge on any atom is 0.189 e. The number of benzene rings is 1. The fraction of sp³-hybridized carbons (Fsp3) is 0.364. The Bertz CT molecular complexity index is 401. The highest BCUT2D eigenvalue weighted by atomic mass is 19.1. The Kier molecular flexibility index (Phi) is 2.68. The molecule has 2 rings (SSSR count). The van der Waals surface area contributed by atoms with Crippen molar-refractivity contribution in [1.29, 1.82) is 0 Å². The maximum absolute atomic E-state index is 13.3. The summed E-state index contributed by atoms with van der Waals surface area (Å²) in [5.74, 6) is 0.146. The molecule has 0 saturated carbocycles. The van der Waals surface area contributed by atoms with Crippen LogP contribution in [0.25, 0.3) is 0 Å². The predicted octanol–water partition coefficient (Wildman–Crippen LogP) is 1.82. The third-order valence-corrected chi connectivity index (χ3v) is 2.26. The van der Waals surface area contributed by atoms with Crippen LogP contribution in [-0.4, -0.2) is 12.6 Å². The van der Waals surface area contributed by atoms with Gasteiger partial charge in [0.15, 0.2) is 6.79 Å². The van der Waals surface area contributed by atoms with Gasteiger partial charge in [-0.15, -0.1) is 0 Å². The predicted molar refractivity (Wildman–Crippen MR) is 51.1 cm³/mol. The molecule has 0 radical (unpaired) electrons. The first kappa shape index (κ1) is 10.1. The molecule has 0 bridgehead atoms. The SMILES string of the molecule is CC(=O)Cc1ccc(F)c2c1OCOC2. The molecule has 0 saturated heterocycles. The van der Waals surface area contributed by atoms with Crippen molar-refractivity contribution >= 4 is 5.78 Å². The largest absolute Gasteiger partial charge is 0.467 e. The van der Waals surface area contributed by atoms with Gasteiger partial charge in [-0.3, -0.25) is 4.79 Å². The van der Waals surface area contributed by atoms with Crippen molar-refractivity contribution in [2.75, 3.05) is 6.79 Å². The number of carbonyl (C=O) groups is 1. The smallest absolute Gasteiger partial charge is 0.189 e. The van der Waals surface area contributed by atoms with Crippen molar-refractivity contribution in [3.8, 4) is 5.75 Å². The molecule has 1 aromatic carbocycles. The lowest BCUT2D eigenvalue weighted by molar-refractivity contribution is -0.116. The van der Waals surface area contributed by atoms with E-state index in [1.165, 1.54) is 13.0 Å². The van der Waals surface area contributed by atoms with Crippen LogP contribution in [0.3, 0.4) is 0 Å². The van der Waals surface area contributed by atoms with Gasteiger partial charge in [0.25, 0.3) is 0 Å². The second kappa shape index (κ2) is 3.98. The average Bonchev–Trinajstić information content (AvgIpc) is 2.22. The number of ketones is 1. The third-order valence-electron chi connectivity index (χ3n) is 2.26. The molecule has 80 valence electrons. The summed E-state index contributed by atoms with van der Waals surface area (Å²) in [5, 5.41) is 0. The zero-order valence-electron chi connectivity index (χ0n) is 8.38. The van der Waals surface area contributed by atoms with Gasteiger partial charge in [-0.1, -0.05) is 6.07 Å². The summed E-state index contributed by atoms with van der Waals surface area (Å²) < 4.78 is 23.6. The monoisotopic (exact) mass is 210 g/mol. The minimum Gasteiger partial charge on any atom is -0.467 e. The second-order valence-corrected chi connectivity index (χ2v) is 3.50. The molecule has 1 aromatic rings. The van der Waals surface area contributed by atoms with Crippen molar-refractivity contribution < 1.29 is 18.7 Å². The van der Waals surface area contributed by atoms with Crippen molar-refractivity contribution in [2.45, 2.75) is 20.0 Å². The molecular weight excluding hydrogens is 199 g/mol. The number of carbonyl (C=O) groups excluding carboxylic acids is 1. The van der Waals surface area contributed by atoms with E-state index < -0.39 is 0 Å². The fourth-order valence-electron chi connectivity index (χ4n) is 1.62. The highest BCUT2D eigenvalue weighted by Gasteiger charge is 2.19. The topological polar surface area (TPSA) is 35.5 Å². The lowest BCUT2D eigenvalue weighted by Gasteiger charge is -2.20. The van der Waals surface area contributed by atoms with E-state index in [0.29, 0.717) is 11.3 Å². The molecule has 1 heterocycles. The maximum atomic E-state index is 13.3. The fourth-order valence-corrected chi connectivity index (χ4v) is 1.62. The molecule has 0 aromatic heterocycles. The van der Waals surface area contributed by atoms with Crippen LogP contribution in [0.4, 0.5) is 4.39 Å². The van der Waals surface area contributed by atoms with E-state index in [4.69, 9.17) is 9.47 Å². The number of Topliss-reactive ketones (excluding diaryl/α,β-unsaturated/α-hetero) is 1. The molecule has 0 amide bonds. The standard InChI is InChI=1S/C11H11FO3/c1-7(13)4-8-2-3-10(12)9-5-14-6-15-11(8)9/h2-3H,4-6H2,1H3. The lowest BCUT2D eigenvalue weighted by atomic mass is 10.0. The van der Waals surface area contributed by atoms with E-state index >= 15 is 0 Å². The van der Waals surface area contributed by atoms with Crippen LogP contribution in [-0.2, 0) is 22.6 Å². The third kappa shape index (κ3) is 1.99. The summed E-state index contributed by atoms with van der Waals surface area (Å²) in [6.07, 6.45) is 0.266. The number of rotatable bonds is 2. The molecule has 15 heavy (non-hydrogen) atoms. The molecular formula is C11H11FO3. The number of halogens is 1. The van der Waals surface area contributed by atoms with Gasteiger partial charge in [0, 0.05) is 12.0 Å². The van der Waals surface area contributed by atoms with Crippen LogP contribution in [0, 0.1) is 5.82 Å². The van der Waals surface area contributed by atoms with Crippen LogP contribution in [0.5, 0.6) is 5.75 Å². The van der Waals surface area contributed by atoms with Gasteiger partial charge in [0.05, 0.1) is 12.2 Å². The van der Waals surface area contributed by atoms with E-state index in [-0.39, 0.29) is 31.4 Å². The zero-order chi connectivity index (χ0) is 10.8. The molecule has 4 heteroatoms. The van der Waals surface area contributed by atoms with Gasteiger partial charge in [0.2, 0.25) is 0 Å². The molecule has 3 nitrogen and oxygen atoms in total. The number of hydrogen-bond donors (Lipinski definition) is 0. The molecule has 0 atom stereocenters. The van der Waals surface area contributed by atoms with E-state index in [1.54, 1.807) is 6.07 Å². The van der Waals surface area contributed by atoms with Gasteiger partial charge in [-0.2, -0.15) is 0 Å². The first-order valence-corrected chi connectivity index (χ1v) is 4.68. The Balaban J connectivity index is 2.43. The molecule has 0 unspecified atom stereocenters. The van der Waals surface area contributed by atoms with Gasteiger partial charge >= 0.3 is 0 Å². The Morgan fingerprint density at radius 3 is 3.07 bits per heavy atom. The average molecular weight is 210 g/mol. The lowest BCUT2D eigenvalue weighted by Crippen LogP contribution is -2.15. The Hall–Kier alpha value is -1.42. The van der Waals surface area contributed by atoms with Gasteiger partial charge in [-0.25, -0.2) is 4.39 Å². The molecule has 1 aliphatic heterocycles. The Morgan fingerprint density at radius 1 is 1.53 bits per heavy atom. The van der Waals surface area contributed by atoms with Crippen molar-refractivity contribution in [2.24, 2.45) is 0 Å². The van der Waals surface area contributed by atoms with Crippen LogP contribution < -0.4 is 4.74 Å². The second-order valence-electron chi connectivity index (χ2n) is 3.50. The van der Waals surface area contributed by atoms with Crippen LogP contribution >= 0.6 is 0 Å². The molecule has 0 fully saturated rings. The summed E-state index contributed by atoms with van der Waals surface area (Å²) >= 11 is 0. The van der Waals surface area contributed by atoms with Gasteiger partial charge in [-0.05, 0) is 13.0 Å². The number of ether oxygens (including phenoxy) is 2. The van der Waals surface area contributed by atoms with Gasteiger partial charge < -0.3 is 9.47 Å². The molecule has 0 N–H and O–H groups in total. The highest BCUT2D eigenvalue weighted by molar-refractivity contribution is 5.79. The van der Waals surface area contributed by atoms with Gasteiger partial charge in [0.1, 0.15) is 17.3 Å². The van der Waals surface area contributed by atoms with Crippen LogP contribution in [0.15, 0.2) is 12.1 Å². The highest BCUT2D eigenvalue weighted by Crippen LogP contribution is 2.30. The number of hydrogen-bond acceptors (Lipinski definition) is 3. The van der Waals surface area contributed by atoms with Crippen LogP contribution in [0.2, 0.25) is 0 Å². The summed E-state index contributed by atoms with van der Waals surface area (Å²) in [6.45, 7) is 1.81. The van der Waals surface area contributed by atoms with Crippen molar-refractivity contribution in [1.82, 2.24) is 0 Å². The number of fused-ring (bicyclic) bond motifs is 1. The summed E-state index contributed by atoms with van der Waals surface area (Å²) in [5.41, 5.74) is 1.13. The minimum atomic E-state index is -0.350. The Labute approximate surface area is 86.8 Å². The quantitative estimate of drug-likeness (QED) is 0.747. The van der Waals surface area contributed by atoms with E-state index in [9.17, 15) is 9.18 Å². The van der Waals surface area contributed by atoms with Crippen molar-refractivity contribution in [3.05, 3.63) is 29.1 Å². The molecule has 0 spiro atoms. The van der Waals surface area contributed by atoms with Crippen LogP contribution in [0.1, 0.15) is 18.1 Å². The first-order chi connectivity index (χ1) is 7.18. The summed E-state index contributed by atoms with van der Waals surface area (Å²) in [7, 11) is 0. The minimum absolute atomic E-state index is 0.0268. The van der Waals surface area contributed by atoms with E-state index in [0.717, 1.165) is 5.56 Å². The Morgan fingerprint density at radius 2 is 2.33 bits per heavy atom. The molecule has 1 aliphatic rings. The van der Waals surface area contributed by atoms with Crippen molar-refractivity contribution in [3.63, 3.8) is 0 Å². The molecule has 0 aliphatic carbocycles.